The Balaban J connectivity index is 1.95. The van der Waals surface area contributed by atoms with Crippen LogP contribution in [-0.2, 0) is 0 Å². The second-order valence-electron chi connectivity index (χ2n) is 4.55. The highest BCUT2D eigenvalue weighted by atomic mass is 35.5. The van der Waals surface area contributed by atoms with Gasteiger partial charge in [0.05, 0.1) is 10.6 Å². The van der Waals surface area contributed by atoms with Gasteiger partial charge in [0.15, 0.2) is 0 Å². The van der Waals surface area contributed by atoms with Gasteiger partial charge in [0.2, 0.25) is 0 Å². The van der Waals surface area contributed by atoms with E-state index >= 15 is 0 Å². The Bertz CT molecular complexity index is 433. The third-order valence-electron chi connectivity index (χ3n) is 2.82. The molecule has 1 heterocycles. The van der Waals surface area contributed by atoms with Gasteiger partial charge in [-0.25, -0.2) is 4.98 Å². The summed E-state index contributed by atoms with van der Waals surface area (Å²) >= 11 is 11.5. The summed E-state index contributed by atoms with van der Waals surface area (Å²) in [5.74, 6) is 0.640. The van der Waals surface area contributed by atoms with Gasteiger partial charge in [-0.05, 0) is 25.3 Å². The van der Waals surface area contributed by atoms with Gasteiger partial charge in [-0.2, -0.15) is 0 Å². The Morgan fingerprint density at radius 3 is 2.88 bits per heavy atom. The Morgan fingerprint density at radius 1 is 1.59 bits per heavy atom. The zero-order valence-electron chi connectivity index (χ0n) is 9.54. The smallest absolute Gasteiger partial charge is 0.253 e. The van der Waals surface area contributed by atoms with E-state index < -0.39 is 0 Å². The lowest BCUT2D eigenvalue weighted by atomic mass is 10.1. The molecule has 1 saturated carbocycles. The van der Waals surface area contributed by atoms with Gasteiger partial charge >= 0.3 is 0 Å². The molecule has 1 aromatic heterocycles. The highest BCUT2D eigenvalue weighted by molar-refractivity contribution is 6.41. The van der Waals surface area contributed by atoms with E-state index in [2.05, 4.69) is 10.3 Å². The van der Waals surface area contributed by atoms with E-state index in [9.17, 15) is 4.79 Å². The maximum Gasteiger partial charge on any atom is 0.253 e. The average Bonchev–Trinajstić information content (AvgIpc) is 3.05. The molecule has 2 rings (SSSR count). The fourth-order valence-corrected chi connectivity index (χ4v) is 2.03. The number of hydrogen-bond acceptors (Lipinski definition) is 2. The van der Waals surface area contributed by atoms with Crippen LogP contribution in [0, 0.1) is 5.92 Å². The monoisotopic (exact) mass is 272 g/mol. The molecule has 0 aromatic carbocycles. The SMILES string of the molecule is CC(CC1CC1)NC(=O)c1cnc(Cl)c(Cl)c1. The van der Waals surface area contributed by atoms with Crippen LogP contribution < -0.4 is 5.32 Å². The molecule has 1 fully saturated rings. The van der Waals surface area contributed by atoms with E-state index in [1.807, 2.05) is 6.92 Å². The van der Waals surface area contributed by atoms with Gasteiger partial charge in [-0.3, -0.25) is 4.79 Å². The minimum Gasteiger partial charge on any atom is -0.350 e. The number of halogens is 2. The van der Waals surface area contributed by atoms with Crippen molar-refractivity contribution in [3.63, 3.8) is 0 Å². The van der Waals surface area contributed by atoms with Crippen LogP contribution in [0.3, 0.4) is 0 Å². The molecule has 92 valence electrons. The normalized spacial score (nSPS) is 16.6. The largest absolute Gasteiger partial charge is 0.350 e. The predicted octanol–water partition coefficient (Wildman–Crippen LogP) is 3.31. The first kappa shape index (κ1) is 12.7. The summed E-state index contributed by atoms with van der Waals surface area (Å²) in [5.41, 5.74) is 0.446. The molecule has 1 N–H and O–H groups in total. The molecular weight excluding hydrogens is 259 g/mol. The Kier molecular flexibility index (Phi) is 3.89. The number of aromatic nitrogens is 1. The highest BCUT2D eigenvalue weighted by Crippen LogP contribution is 2.33. The van der Waals surface area contributed by atoms with E-state index in [4.69, 9.17) is 23.2 Å². The average molecular weight is 273 g/mol. The zero-order chi connectivity index (χ0) is 12.4. The first-order valence-electron chi connectivity index (χ1n) is 5.68. The Morgan fingerprint density at radius 2 is 2.29 bits per heavy atom. The van der Waals surface area contributed by atoms with E-state index in [0.29, 0.717) is 10.6 Å². The van der Waals surface area contributed by atoms with E-state index in [1.54, 1.807) is 0 Å². The number of rotatable bonds is 4. The van der Waals surface area contributed by atoms with Gasteiger partial charge in [-0.15, -0.1) is 0 Å². The summed E-state index contributed by atoms with van der Waals surface area (Å²) in [5, 5.41) is 3.45. The summed E-state index contributed by atoms with van der Waals surface area (Å²) in [4.78, 5) is 15.7. The quantitative estimate of drug-likeness (QED) is 0.855. The lowest BCUT2D eigenvalue weighted by Crippen LogP contribution is -2.32. The molecule has 1 unspecified atom stereocenters. The molecule has 1 aliphatic carbocycles. The first-order valence-corrected chi connectivity index (χ1v) is 6.43. The molecule has 5 heteroatoms. The molecule has 17 heavy (non-hydrogen) atoms. The summed E-state index contributed by atoms with van der Waals surface area (Å²) in [6, 6.07) is 1.72. The van der Waals surface area contributed by atoms with Crippen LogP contribution in [0.25, 0.3) is 0 Å². The van der Waals surface area contributed by atoms with Crippen molar-refractivity contribution in [3.05, 3.63) is 28.0 Å². The van der Waals surface area contributed by atoms with Crippen LogP contribution in [0.15, 0.2) is 12.3 Å². The van der Waals surface area contributed by atoms with Crippen molar-refractivity contribution in [3.8, 4) is 0 Å². The molecule has 0 spiro atoms. The van der Waals surface area contributed by atoms with E-state index in [0.717, 1.165) is 12.3 Å². The van der Waals surface area contributed by atoms with Crippen LogP contribution in [0.1, 0.15) is 36.5 Å². The number of nitrogens with one attached hydrogen (secondary N) is 1. The van der Waals surface area contributed by atoms with E-state index in [-0.39, 0.29) is 17.1 Å². The van der Waals surface area contributed by atoms with E-state index in [1.165, 1.54) is 25.1 Å². The van der Waals surface area contributed by atoms with Gasteiger partial charge in [0, 0.05) is 12.2 Å². The molecule has 1 amide bonds. The number of nitrogens with zero attached hydrogens (tertiary/aromatic N) is 1. The third kappa shape index (κ3) is 3.58. The van der Waals surface area contributed by atoms with Crippen LogP contribution in [0.5, 0.6) is 0 Å². The fourth-order valence-electron chi connectivity index (χ4n) is 1.77. The lowest BCUT2D eigenvalue weighted by Gasteiger charge is -2.13. The zero-order valence-corrected chi connectivity index (χ0v) is 11.1. The molecule has 3 nitrogen and oxygen atoms in total. The number of hydrogen-bond donors (Lipinski definition) is 1. The Labute approximate surface area is 111 Å². The van der Waals surface area contributed by atoms with Crippen molar-refractivity contribution in [2.45, 2.75) is 32.2 Å². The second kappa shape index (κ2) is 5.23. The van der Waals surface area contributed by atoms with Crippen molar-refractivity contribution in [1.29, 1.82) is 0 Å². The summed E-state index contributed by atoms with van der Waals surface area (Å²) < 4.78 is 0. The van der Waals surface area contributed by atoms with Crippen molar-refractivity contribution in [1.82, 2.24) is 10.3 Å². The first-order chi connectivity index (χ1) is 8.06. The van der Waals surface area contributed by atoms with Crippen LogP contribution in [0.2, 0.25) is 10.2 Å². The minimum atomic E-state index is -0.149. The Hall–Kier alpha value is -0.800. The standard InChI is InChI=1S/C12H14Cl2N2O/c1-7(4-8-2-3-8)16-12(17)9-5-10(13)11(14)15-6-9/h5-8H,2-4H2,1H3,(H,16,17). The molecule has 0 radical (unpaired) electrons. The van der Waals surface area contributed by atoms with Gasteiger partial charge in [-0.1, -0.05) is 36.0 Å². The van der Waals surface area contributed by atoms with Crippen LogP contribution >= 0.6 is 23.2 Å². The second-order valence-corrected chi connectivity index (χ2v) is 5.32. The summed E-state index contributed by atoms with van der Waals surface area (Å²) in [7, 11) is 0. The number of amides is 1. The van der Waals surface area contributed by atoms with Crippen molar-refractivity contribution < 1.29 is 4.79 Å². The molecule has 1 atom stereocenters. The molecule has 0 saturated heterocycles. The van der Waals surface area contributed by atoms with Crippen molar-refractivity contribution in [2.75, 3.05) is 0 Å². The molecule has 0 aliphatic heterocycles. The van der Waals surface area contributed by atoms with Crippen molar-refractivity contribution >= 4 is 29.1 Å². The molecular formula is C12H14Cl2N2O. The maximum absolute atomic E-state index is 11.9. The van der Waals surface area contributed by atoms with Crippen molar-refractivity contribution in [2.24, 2.45) is 5.92 Å². The van der Waals surface area contributed by atoms with Crippen LogP contribution in [0.4, 0.5) is 0 Å². The van der Waals surface area contributed by atoms with Crippen LogP contribution in [-0.4, -0.2) is 16.9 Å². The van der Waals surface area contributed by atoms with Gasteiger partial charge in [0.1, 0.15) is 5.15 Å². The molecule has 1 aliphatic rings. The van der Waals surface area contributed by atoms with Gasteiger partial charge in [0.25, 0.3) is 5.91 Å². The molecule has 1 aromatic rings. The highest BCUT2D eigenvalue weighted by Gasteiger charge is 2.24. The third-order valence-corrected chi connectivity index (χ3v) is 3.51. The predicted molar refractivity (Wildman–Crippen MR) is 68.5 cm³/mol. The number of carbonyl (C=O) groups is 1. The number of carbonyl (C=O) groups excluding carboxylic acids is 1. The number of pyridine rings is 1. The summed E-state index contributed by atoms with van der Waals surface area (Å²) in [6.07, 6.45) is 5.05. The van der Waals surface area contributed by atoms with Gasteiger partial charge < -0.3 is 5.32 Å². The minimum absolute atomic E-state index is 0.149. The maximum atomic E-state index is 11.9. The summed E-state index contributed by atoms with van der Waals surface area (Å²) in [6.45, 7) is 2.02. The topological polar surface area (TPSA) is 42.0 Å². The lowest BCUT2D eigenvalue weighted by molar-refractivity contribution is 0.0937. The fraction of sp³-hybridized carbons (Fsp3) is 0.500. The molecule has 0 bridgehead atoms.